The zero-order valence-corrected chi connectivity index (χ0v) is 13.7. The molecule has 0 aliphatic carbocycles. The Hall–Kier alpha value is -2.28. The lowest BCUT2D eigenvalue weighted by atomic mass is 10.3. The monoisotopic (exact) mass is 339 g/mol. The number of hydrogen-bond donors (Lipinski definition) is 1. The zero-order chi connectivity index (χ0) is 17.0. The van der Waals surface area contributed by atoms with E-state index in [9.17, 15) is 14.4 Å². The highest BCUT2D eigenvalue weighted by Crippen LogP contribution is 2.27. The molecule has 1 aromatic rings. The minimum Gasteiger partial charge on any atom is -0.492 e. The maximum Gasteiger partial charge on any atom is 0.327 e. The fourth-order valence-electron chi connectivity index (χ4n) is 2.08. The number of nitrogens with zero attached hydrogens (tertiary/aromatic N) is 2. The van der Waals surface area contributed by atoms with Crippen LogP contribution < -0.4 is 10.1 Å². The number of nitrogens with one attached hydrogen (secondary N) is 1. The number of hydrogen-bond acceptors (Lipinski definition) is 4. The molecular formula is C15H18ClN3O4. The number of urea groups is 1. The second kappa shape index (κ2) is 7.32. The van der Waals surface area contributed by atoms with Gasteiger partial charge in [-0.05, 0) is 24.6 Å². The summed E-state index contributed by atoms with van der Waals surface area (Å²) in [4.78, 5) is 37.5. The van der Waals surface area contributed by atoms with Crippen LogP contribution in [0.3, 0.4) is 0 Å². The highest BCUT2D eigenvalue weighted by atomic mass is 35.5. The van der Waals surface area contributed by atoms with E-state index in [1.165, 1.54) is 11.9 Å². The number of likely N-dealkylation sites (N-methyl/N-ethyl adjacent to an activating group) is 1. The molecule has 0 aromatic heterocycles. The van der Waals surface area contributed by atoms with Crippen molar-refractivity contribution >= 4 is 35.1 Å². The average molecular weight is 340 g/mol. The topological polar surface area (TPSA) is 79.0 Å². The van der Waals surface area contributed by atoms with E-state index in [4.69, 9.17) is 16.3 Å². The summed E-state index contributed by atoms with van der Waals surface area (Å²) in [7, 11) is 1.51. The van der Waals surface area contributed by atoms with Gasteiger partial charge in [-0.25, -0.2) is 4.79 Å². The summed E-state index contributed by atoms with van der Waals surface area (Å²) in [5, 5.41) is 2.98. The van der Waals surface area contributed by atoms with Gasteiger partial charge < -0.3 is 15.0 Å². The summed E-state index contributed by atoms with van der Waals surface area (Å²) < 4.78 is 5.45. The first kappa shape index (κ1) is 17.1. The molecule has 0 spiro atoms. The molecule has 0 unspecified atom stereocenters. The molecule has 0 saturated carbocycles. The highest BCUT2D eigenvalue weighted by Gasteiger charge is 2.34. The Labute approximate surface area is 139 Å². The molecule has 7 nitrogen and oxygen atoms in total. The first-order valence-corrected chi connectivity index (χ1v) is 7.57. The van der Waals surface area contributed by atoms with Crippen LogP contribution in [0.2, 0.25) is 5.02 Å². The number of carbonyl (C=O) groups excluding carboxylic acids is 3. The lowest BCUT2D eigenvalue weighted by molar-refractivity contribution is -0.129. The molecule has 1 fully saturated rings. The van der Waals surface area contributed by atoms with Gasteiger partial charge in [0, 0.05) is 12.7 Å². The first-order valence-electron chi connectivity index (χ1n) is 7.20. The summed E-state index contributed by atoms with van der Waals surface area (Å²) in [6.07, 6.45) is 0.862. The van der Waals surface area contributed by atoms with Gasteiger partial charge >= 0.3 is 6.03 Å². The van der Waals surface area contributed by atoms with Crippen LogP contribution in [-0.4, -0.2) is 54.4 Å². The quantitative estimate of drug-likeness (QED) is 0.803. The summed E-state index contributed by atoms with van der Waals surface area (Å²) >= 11 is 6.08. The van der Waals surface area contributed by atoms with Crippen molar-refractivity contribution < 1.29 is 19.1 Å². The van der Waals surface area contributed by atoms with E-state index in [0.29, 0.717) is 23.1 Å². The number of anilines is 1. The van der Waals surface area contributed by atoms with Crippen molar-refractivity contribution in [3.8, 4) is 5.75 Å². The molecule has 124 valence electrons. The summed E-state index contributed by atoms with van der Waals surface area (Å²) in [6.45, 7) is 2.20. The molecule has 23 heavy (non-hydrogen) atoms. The minimum atomic E-state index is -0.480. The molecule has 1 aliphatic rings. The number of amides is 4. The van der Waals surface area contributed by atoms with Crippen molar-refractivity contribution in [2.24, 2.45) is 0 Å². The van der Waals surface area contributed by atoms with Gasteiger partial charge in [0.1, 0.15) is 18.8 Å². The van der Waals surface area contributed by atoms with Gasteiger partial charge in [0.15, 0.2) is 0 Å². The Morgan fingerprint density at radius 1 is 1.39 bits per heavy atom. The van der Waals surface area contributed by atoms with Crippen LogP contribution in [0.5, 0.6) is 5.75 Å². The van der Waals surface area contributed by atoms with E-state index in [1.807, 2.05) is 6.92 Å². The molecule has 8 heteroatoms. The third-order valence-electron chi connectivity index (χ3n) is 3.21. The van der Waals surface area contributed by atoms with Gasteiger partial charge in [0.25, 0.3) is 5.91 Å². The molecule has 1 heterocycles. The fourth-order valence-corrected chi connectivity index (χ4v) is 2.31. The third kappa shape index (κ3) is 4.13. The fraction of sp³-hybridized carbons (Fsp3) is 0.400. The third-order valence-corrected chi connectivity index (χ3v) is 3.51. The predicted molar refractivity (Wildman–Crippen MR) is 85.6 cm³/mol. The number of benzene rings is 1. The van der Waals surface area contributed by atoms with Crippen molar-refractivity contribution in [3.63, 3.8) is 0 Å². The molecule has 2 rings (SSSR count). The Bertz CT molecular complexity index is 635. The maximum absolute atomic E-state index is 12.0. The van der Waals surface area contributed by atoms with Crippen molar-refractivity contribution in [1.82, 2.24) is 9.80 Å². The van der Waals surface area contributed by atoms with Crippen molar-refractivity contribution in [2.75, 3.05) is 32.1 Å². The molecule has 4 amide bonds. The van der Waals surface area contributed by atoms with Gasteiger partial charge in [0.05, 0.1) is 11.6 Å². The SMILES string of the molecule is CCCOc1ccc(NC(=O)CN2C(=O)CN(C)C2=O)cc1Cl. The summed E-state index contributed by atoms with van der Waals surface area (Å²) in [5.41, 5.74) is 0.469. The zero-order valence-electron chi connectivity index (χ0n) is 13.0. The number of carbonyl (C=O) groups is 3. The average Bonchev–Trinajstić information content (AvgIpc) is 2.73. The number of ether oxygens (including phenoxy) is 1. The lowest BCUT2D eigenvalue weighted by Gasteiger charge is -2.14. The smallest absolute Gasteiger partial charge is 0.327 e. The van der Waals surface area contributed by atoms with Crippen molar-refractivity contribution in [3.05, 3.63) is 23.2 Å². The Balaban J connectivity index is 1.96. The van der Waals surface area contributed by atoms with Gasteiger partial charge in [-0.2, -0.15) is 0 Å². The van der Waals surface area contributed by atoms with Crippen LogP contribution in [0, 0.1) is 0 Å². The van der Waals surface area contributed by atoms with Crippen LogP contribution in [0.4, 0.5) is 10.5 Å². The lowest BCUT2D eigenvalue weighted by Crippen LogP contribution is -2.38. The largest absolute Gasteiger partial charge is 0.492 e. The summed E-state index contributed by atoms with van der Waals surface area (Å²) in [5.74, 6) is -0.327. The van der Waals surface area contributed by atoms with E-state index in [2.05, 4.69) is 5.32 Å². The van der Waals surface area contributed by atoms with E-state index in [-0.39, 0.29) is 13.1 Å². The van der Waals surface area contributed by atoms with E-state index < -0.39 is 17.8 Å². The van der Waals surface area contributed by atoms with E-state index in [0.717, 1.165) is 11.3 Å². The molecule has 1 aromatic carbocycles. The standard InChI is InChI=1S/C15H18ClN3O4/c1-3-6-23-12-5-4-10(7-11(12)16)17-13(20)8-19-14(21)9-18(2)15(19)22/h4-5,7H,3,6,8-9H2,1-2H3,(H,17,20). The number of halogens is 1. The Morgan fingerprint density at radius 2 is 2.13 bits per heavy atom. The van der Waals surface area contributed by atoms with Crippen LogP contribution in [-0.2, 0) is 9.59 Å². The van der Waals surface area contributed by atoms with Crippen molar-refractivity contribution in [2.45, 2.75) is 13.3 Å². The Kier molecular flexibility index (Phi) is 5.44. The molecular weight excluding hydrogens is 322 g/mol. The van der Waals surface area contributed by atoms with E-state index >= 15 is 0 Å². The molecule has 0 radical (unpaired) electrons. The second-order valence-electron chi connectivity index (χ2n) is 5.16. The van der Waals surface area contributed by atoms with Gasteiger partial charge in [-0.3, -0.25) is 14.5 Å². The molecule has 0 atom stereocenters. The van der Waals surface area contributed by atoms with Crippen LogP contribution in [0.1, 0.15) is 13.3 Å². The molecule has 1 saturated heterocycles. The number of rotatable bonds is 6. The Morgan fingerprint density at radius 3 is 2.70 bits per heavy atom. The van der Waals surface area contributed by atoms with Crippen LogP contribution >= 0.6 is 11.6 Å². The van der Waals surface area contributed by atoms with Gasteiger partial charge in [0.2, 0.25) is 5.91 Å². The molecule has 0 bridgehead atoms. The van der Waals surface area contributed by atoms with Crippen molar-refractivity contribution in [1.29, 1.82) is 0 Å². The number of imide groups is 1. The first-order chi connectivity index (χ1) is 10.9. The molecule has 1 aliphatic heterocycles. The highest BCUT2D eigenvalue weighted by molar-refractivity contribution is 6.32. The summed E-state index contributed by atoms with van der Waals surface area (Å²) in [6, 6.07) is 4.39. The minimum absolute atomic E-state index is 0.0125. The van der Waals surface area contributed by atoms with Crippen LogP contribution in [0.15, 0.2) is 18.2 Å². The molecule has 1 N–H and O–H groups in total. The second-order valence-corrected chi connectivity index (χ2v) is 5.57. The van der Waals surface area contributed by atoms with Gasteiger partial charge in [-0.15, -0.1) is 0 Å². The van der Waals surface area contributed by atoms with Crippen LogP contribution in [0.25, 0.3) is 0 Å². The van der Waals surface area contributed by atoms with Gasteiger partial charge in [-0.1, -0.05) is 18.5 Å². The van der Waals surface area contributed by atoms with E-state index in [1.54, 1.807) is 18.2 Å². The predicted octanol–water partition coefficient (Wildman–Crippen LogP) is 1.96. The maximum atomic E-state index is 12.0. The normalized spacial score (nSPS) is 14.4.